The summed E-state index contributed by atoms with van der Waals surface area (Å²) >= 11 is 0. The van der Waals surface area contributed by atoms with E-state index in [4.69, 9.17) is 0 Å². The summed E-state index contributed by atoms with van der Waals surface area (Å²) in [5, 5.41) is 11.7. The first-order valence-corrected chi connectivity index (χ1v) is 16.5. The number of hydrogen-bond donors (Lipinski definition) is 4. The second-order valence-electron chi connectivity index (χ2n) is 11.8. The monoisotopic (exact) mass is 594 g/mol. The number of amides is 4. The first-order valence-electron chi connectivity index (χ1n) is 16.5. The van der Waals surface area contributed by atoms with E-state index in [2.05, 4.69) is 44.9 Å². The lowest BCUT2D eigenvalue weighted by atomic mass is 10.0. The van der Waals surface area contributed by atoms with E-state index in [0.717, 1.165) is 54.9 Å². The molecule has 8 nitrogen and oxygen atoms in total. The fourth-order valence-corrected chi connectivity index (χ4v) is 4.89. The summed E-state index contributed by atoms with van der Waals surface area (Å²) in [6.07, 6.45) is 16.0. The lowest BCUT2D eigenvalue weighted by Gasteiger charge is -2.17. The maximum atomic E-state index is 12.3. The molecule has 0 aromatic heterocycles. The van der Waals surface area contributed by atoms with E-state index in [1.165, 1.54) is 64.2 Å². The highest BCUT2D eigenvalue weighted by Crippen LogP contribution is 2.16. The largest absolute Gasteiger partial charge is 0.325 e. The predicted molar refractivity (Wildman–Crippen MR) is 182 cm³/mol. The number of rotatable bonds is 22. The molecule has 0 saturated carbocycles. The third-order valence-corrected chi connectivity index (χ3v) is 7.64. The molecule has 0 aliphatic carbocycles. The zero-order valence-corrected chi connectivity index (χ0v) is 27.4. The third-order valence-electron chi connectivity index (χ3n) is 7.64. The number of carbonyl (C=O) groups excluding carboxylic acids is 2. The molecule has 2 aromatic carbocycles. The van der Waals surface area contributed by atoms with Gasteiger partial charge in [-0.1, -0.05) is 102 Å². The molecule has 0 aliphatic rings. The average Bonchev–Trinajstić information content (AvgIpc) is 3.00. The van der Waals surface area contributed by atoms with Gasteiger partial charge in [-0.25, -0.2) is 9.59 Å². The summed E-state index contributed by atoms with van der Waals surface area (Å²) in [6, 6.07) is 15.4. The minimum atomic E-state index is -0.195. The lowest BCUT2D eigenvalue weighted by Crippen LogP contribution is -2.38. The third kappa shape index (κ3) is 17.6. The van der Waals surface area contributed by atoms with Crippen molar-refractivity contribution in [2.45, 2.75) is 97.3 Å². The summed E-state index contributed by atoms with van der Waals surface area (Å²) in [6.45, 7) is 7.51. The molecular weight excluding hydrogens is 536 g/mol. The van der Waals surface area contributed by atoms with Gasteiger partial charge in [-0.15, -0.1) is 0 Å². The van der Waals surface area contributed by atoms with Crippen LogP contribution in [0.1, 0.15) is 102 Å². The Labute approximate surface area is 261 Å². The highest BCUT2D eigenvalue weighted by Gasteiger charge is 2.06. The van der Waals surface area contributed by atoms with E-state index in [9.17, 15) is 9.59 Å². The molecule has 0 heterocycles. The lowest BCUT2D eigenvalue weighted by molar-refractivity contribution is 0.239. The summed E-state index contributed by atoms with van der Waals surface area (Å²) in [4.78, 5) is 28.9. The predicted octanol–water partition coefficient (Wildman–Crippen LogP) is 8.02. The molecule has 0 saturated heterocycles. The van der Waals surface area contributed by atoms with Crippen molar-refractivity contribution in [2.75, 3.05) is 51.2 Å². The molecule has 4 N–H and O–H groups in total. The van der Waals surface area contributed by atoms with Crippen LogP contribution in [-0.4, -0.2) is 62.4 Å². The molecule has 4 amide bonds. The van der Waals surface area contributed by atoms with E-state index in [0.29, 0.717) is 13.3 Å². The van der Waals surface area contributed by atoms with Gasteiger partial charge in [-0.05, 0) is 81.8 Å². The minimum absolute atomic E-state index is 0.195. The first-order chi connectivity index (χ1) is 20.9. The highest BCUT2D eigenvalue weighted by atomic mass is 16.2. The Morgan fingerprint density at radius 3 is 1.26 bits per heavy atom. The Morgan fingerprint density at radius 1 is 0.535 bits per heavy atom. The molecular formula is C35H58N6O2. The van der Waals surface area contributed by atoms with Crippen LogP contribution in [0.25, 0.3) is 0 Å². The highest BCUT2D eigenvalue weighted by molar-refractivity contribution is 5.89. The van der Waals surface area contributed by atoms with Crippen LogP contribution in [0.3, 0.4) is 0 Å². The summed E-state index contributed by atoms with van der Waals surface area (Å²) in [5.41, 5.74) is 3.83. The second-order valence-corrected chi connectivity index (χ2v) is 11.8. The number of unbranched alkanes of at least 4 members (excludes halogenated alkanes) is 10. The van der Waals surface area contributed by atoms with Crippen molar-refractivity contribution in [3.05, 3.63) is 59.7 Å². The Kier molecular flexibility index (Phi) is 18.8. The zero-order valence-electron chi connectivity index (χ0n) is 27.4. The van der Waals surface area contributed by atoms with Crippen LogP contribution < -0.4 is 21.3 Å². The Bertz CT molecular complexity index is 930. The molecule has 0 spiro atoms. The molecule has 43 heavy (non-hydrogen) atoms. The standard InChI is InChI=1S/C35H58N6O2/c1-5-7-9-11-13-15-25-40(3)28-36-34(42)38-32-21-17-30(18-22-32)27-31-19-23-33(24-20-31)39-35(43)37-29-41(4)26-16-14-12-10-8-6-2/h17-24H,5-16,25-29H2,1-4H3,(H2,36,38,42)(H2,37,39,43). The normalized spacial score (nSPS) is 11.1. The van der Waals surface area contributed by atoms with E-state index in [-0.39, 0.29) is 12.1 Å². The molecule has 8 heteroatoms. The van der Waals surface area contributed by atoms with Crippen LogP contribution in [0.5, 0.6) is 0 Å². The zero-order chi connectivity index (χ0) is 31.1. The maximum absolute atomic E-state index is 12.3. The van der Waals surface area contributed by atoms with Crippen LogP contribution >= 0.6 is 0 Å². The van der Waals surface area contributed by atoms with Crippen LogP contribution in [0, 0.1) is 0 Å². The summed E-state index contributed by atoms with van der Waals surface area (Å²) in [5.74, 6) is 0. The van der Waals surface area contributed by atoms with Gasteiger partial charge in [0.15, 0.2) is 0 Å². The van der Waals surface area contributed by atoms with Crippen molar-refractivity contribution in [1.29, 1.82) is 0 Å². The Balaban J connectivity index is 1.63. The maximum Gasteiger partial charge on any atom is 0.320 e. The molecule has 0 fully saturated rings. The number of nitrogens with zero attached hydrogens (tertiary/aromatic N) is 2. The number of anilines is 2. The Morgan fingerprint density at radius 2 is 0.884 bits per heavy atom. The average molecular weight is 595 g/mol. The van der Waals surface area contributed by atoms with Crippen molar-refractivity contribution < 1.29 is 9.59 Å². The molecule has 0 unspecified atom stereocenters. The van der Waals surface area contributed by atoms with Gasteiger partial charge in [0.25, 0.3) is 0 Å². The molecule has 2 aromatic rings. The summed E-state index contributed by atoms with van der Waals surface area (Å²) in [7, 11) is 4.08. The molecule has 0 aliphatic heterocycles. The molecule has 0 radical (unpaired) electrons. The van der Waals surface area contributed by atoms with Crippen LogP contribution in [-0.2, 0) is 6.42 Å². The number of benzene rings is 2. The van der Waals surface area contributed by atoms with Gasteiger partial charge >= 0.3 is 12.1 Å². The summed E-state index contributed by atoms with van der Waals surface area (Å²) < 4.78 is 0. The smallest absolute Gasteiger partial charge is 0.320 e. The molecule has 240 valence electrons. The minimum Gasteiger partial charge on any atom is -0.325 e. The second kappa shape index (κ2) is 22.4. The van der Waals surface area contributed by atoms with Gasteiger partial charge in [0.1, 0.15) is 0 Å². The van der Waals surface area contributed by atoms with E-state index >= 15 is 0 Å². The van der Waals surface area contributed by atoms with E-state index in [1.807, 2.05) is 62.6 Å². The fourth-order valence-electron chi connectivity index (χ4n) is 4.89. The van der Waals surface area contributed by atoms with Crippen molar-refractivity contribution >= 4 is 23.4 Å². The van der Waals surface area contributed by atoms with Gasteiger partial charge in [0, 0.05) is 11.4 Å². The number of carbonyl (C=O) groups is 2. The van der Waals surface area contributed by atoms with Gasteiger partial charge in [0.05, 0.1) is 13.3 Å². The van der Waals surface area contributed by atoms with Crippen LogP contribution in [0.2, 0.25) is 0 Å². The molecule has 0 bridgehead atoms. The number of nitrogens with one attached hydrogen (secondary N) is 4. The fraction of sp³-hybridized carbons (Fsp3) is 0.600. The van der Waals surface area contributed by atoms with Crippen LogP contribution in [0.15, 0.2) is 48.5 Å². The first kappa shape index (κ1) is 36.1. The molecule has 2 rings (SSSR count). The van der Waals surface area contributed by atoms with Crippen molar-refractivity contribution in [2.24, 2.45) is 0 Å². The topological polar surface area (TPSA) is 88.7 Å². The van der Waals surface area contributed by atoms with Gasteiger partial charge in [-0.3, -0.25) is 9.80 Å². The van der Waals surface area contributed by atoms with Crippen LogP contribution in [0.4, 0.5) is 21.0 Å². The van der Waals surface area contributed by atoms with E-state index in [1.54, 1.807) is 0 Å². The Hall–Kier alpha value is -3.10. The number of hydrogen-bond acceptors (Lipinski definition) is 4. The van der Waals surface area contributed by atoms with Crippen molar-refractivity contribution in [3.8, 4) is 0 Å². The SMILES string of the molecule is CCCCCCCCN(C)CNC(=O)Nc1ccc(Cc2ccc(NC(=O)NCN(C)CCCCCCCC)cc2)cc1. The van der Waals surface area contributed by atoms with Crippen molar-refractivity contribution in [3.63, 3.8) is 0 Å². The van der Waals surface area contributed by atoms with Gasteiger partial charge < -0.3 is 21.3 Å². The van der Waals surface area contributed by atoms with E-state index < -0.39 is 0 Å². The van der Waals surface area contributed by atoms with Gasteiger partial charge in [0.2, 0.25) is 0 Å². The van der Waals surface area contributed by atoms with Crippen molar-refractivity contribution in [1.82, 2.24) is 20.4 Å². The molecule has 0 atom stereocenters. The number of urea groups is 2. The quantitative estimate of drug-likeness (QED) is 0.0821. The van der Waals surface area contributed by atoms with Gasteiger partial charge in [-0.2, -0.15) is 0 Å².